The zero-order valence-corrected chi connectivity index (χ0v) is 42.8. The lowest BCUT2D eigenvalue weighted by Crippen LogP contribution is -2.65. The number of alkyl carbamates (subject to hydrolysis) is 1. The van der Waals surface area contributed by atoms with Crippen LogP contribution in [0.3, 0.4) is 0 Å². The third kappa shape index (κ3) is 13.1. The first-order valence-electron chi connectivity index (χ1n) is 21.4. The van der Waals surface area contributed by atoms with Gasteiger partial charge in [0.05, 0.1) is 25.3 Å². The van der Waals surface area contributed by atoms with Gasteiger partial charge in [0, 0.05) is 57.0 Å². The Hall–Kier alpha value is -3.57. The normalized spacial score (nSPS) is 28.0. The minimum absolute atomic E-state index is 0.0317. The Morgan fingerprint density at radius 3 is 2.45 bits per heavy atom. The number of benzene rings is 1. The highest BCUT2D eigenvalue weighted by atomic mass is 35.5. The fraction of sp³-hybridized carbons (Fsp3) is 0.659. The number of amides is 4. The van der Waals surface area contributed by atoms with Gasteiger partial charge in [0.15, 0.2) is 11.0 Å². The van der Waals surface area contributed by atoms with Gasteiger partial charge in [-0.1, -0.05) is 70.8 Å². The first-order valence-corrected chi connectivity index (χ1v) is 25.6. The molecular weight excluding hydrogens is 940 g/mol. The third-order valence-electron chi connectivity index (χ3n) is 12.5. The summed E-state index contributed by atoms with van der Waals surface area (Å²) >= 11 is 6.81. The van der Waals surface area contributed by atoms with E-state index >= 15 is 0 Å². The van der Waals surface area contributed by atoms with Crippen LogP contribution >= 0.6 is 33.2 Å². The number of nitrogens with zero attached hydrogens (tertiary/aromatic N) is 2. The maximum absolute atomic E-state index is 14.4. The van der Waals surface area contributed by atoms with Crippen LogP contribution in [0, 0.1) is 5.41 Å². The molecule has 8 atom stereocenters. The van der Waals surface area contributed by atoms with Crippen molar-refractivity contribution in [3.63, 3.8) is 0 Å². The number of epoxide rings is 1. The number of carbonyl (C=O) groups excluding carboxylic acids is 5. The number of hydrogen-bond donors (Lipinski definition) is 4. The Balaban J connectivity index is 1.60. The molecule has 22 heteroatoms. The second-order valence-corrected chi connectivity index (χ2v) is 23.4. The average Bonchev–Trinajstić information content (AvgIpc) is 3.95. The molecule has 1 unspecified atom stereocenters. The van der Waals surface area contributed by atoms with Crippen molar-refractivity contribution in [2.75, 3.05) is 46.0 Å². The number of ether oxygens (including phenoxy) is 5. The summed E-state index contributed by atoms with van der Waals surface area (Å²) in [6.45, 7) is 12.5. The molecule has 0 saturated carbocycles. The van der Waals surface area contributed by atoms with Gasteiger partial charge in [-0.2, -0.15) is 8.42 Å². The number of rotatable bonds is 15. The van der Waals surface area contributed by atoms with E-state index in [1.54, 1.807) is 52.1 Å². The monoisotopic (exact) mass is 1000 g/mol. The van der Waals surface area contributed by atoms with Crippen molar-refractivity contribution in [2.24, 2.45) is 5.41 Å². The average molecular weight is 1010 g/mol. The molecule has 3 aliphatic heterocycles. The summed E-state index contributed by atoms with van der Waals surface area (Å²) in [6, 6.07) is 2.42. The molecule has 0 radical (unpaired) electrons. The van der Waals surface area contributed by atoms with E-state index in [2.05, 4.69) is 10.6 Å². The fourth-order valence-electron chi connectivity index (χ4n) is 8.07. The molecule has 4 amide bonds. The molecule has 0 spiro atoms. The molecule has 4 bridgehead atoms. The quantitative estimate of drug-likeness (QED) is 0.0578. The van der Waals surface area contributed by atoms with E-state index < -0.39 is 91.2 Å². The highest BCUT2D eigenvalue weighted by molar-refractivity contribution is 8.77. The molecule has 2 saturated heterocycles. The summed E-state index contributed by atoms with van der Waals surface area (Å²) < 4.78 is 62.0. The molecule has 18 nitrogen and oxygen atoms in total. The van der Waals surface area contributed by atoms with Gasteiger partial charge in [-0.15, -0.1) is 0 Å². The Kier molecular flexibility index (Phi) is 18.2. The van der Waals surface area contributed by atoms with E-state index in [4.69, 9.17) is 35.3 Å². The summed E-state index contributed by atoms with van der Waals surface area (Å²) in [6.07, 6.45) is 0.533. The van der Waals surface area contributed by atoms with Crippen molar-refractivity contribution in [3.8, 4) is 5.75 Å². The predicted molar refractivity (Wildman–Crippen MR) is 253 cm³/mol. The molecule has 0 aliphatic carbocycles. The molecule has 4 N–H and O–H groups in total. The van der Waals surface area contributed by atoms with Crippen LogP contribution in [0.15, 0.2) is 35.9 Å². The van der Waals surface area contributed by atoms with Gasteiger partial charge in [0.2, 0.25) is 17.7 Å². The van der Waals surface area contributed by atoms with Crippen LogP contribution in [-0.4, -0.2) is 146 Å². The number of aliphatic hydroxyl groups is 1. The molecule has 1 aromatic rings. The van der Waals surface area contributed by atoms with Crippen molar-refractivity contribution in [2.45, 2.75) is 139 Å². The Morgan fingerprint density at radius 1 is 1.18 bits per heavy atom. The number of hydrogen-bond acceptors (Lipinski definition) is 15. The van der Waals surface area contributed by atoms with Crippen molar-refractivity contribution in [1.82, 2.24) is 15.5 Å². The molecule has 66 heavy (non-hydrogen) atoms. The van der Waals surface area contributed by atoms with Crippen LogP contribution in [0.4, 0.5) is 10.5 Å². The smallest absolute Gasteiger partial charge is 0.409 e. The molecule has 3 aliphatic rings. The van der Waals surface area contributed by atoms with Gasteiger partial charge < -0.3 is 43.9 Å². The number of anilines is 1. The van der Waals surface area contributed by atoms with E-state index in [9.17, 15) is 42.0 Å². The number of allylic oxidation sites excluding steroid dienone is 3. The van der Waals surface area contributed by atoms with Gasteiger partial charge in [-0.05, 0) is 71.6 Å². The second kappa shape index (κ2) is 21.8. The highest BCUT2D eigenvalue weighted by Crippen LogP contribution is 2.54. The molecule has 0 aromatic heterocycles. The number of carbonyl (C=O) groups is 5. The van der Waals surface area contributed by atoms with Crippen LogP contribution in [0.2, 0.25) is 5.02 Å². The van der Waals surface area contributed by atoms with Gasteiger partial charge in [-0.25, -0.2) is 9.59 Å². The van der Waals surface area contributed by atoms with Crippen LogP contribution in [0.5, 0.6) is 5.75 Å². The molecular formula is C44H65ClN4O14S3. The lowest BCUT2D eigenvalue weighted by molar-refractivity contribution is -0.162. The van der Waals surface area contributed by atoms with Crippen LogP contribution in [0.25, 0.3) is 0 Å². The van der Waals surface area contributed by atoms with E-state index in [0.717, 1.165) is 11.1 Å². The number of nitrogens with one attached hydrogen (secondary N) is 2. The summed E-state index contributed by atoms with van der Waals surface area (Å²) in [5.41, 5.74) is -2.27. The number of halogens is 1. The topological polar surface area (TPSA) is 240 Å². The van der Waals surface area contributed by atoms with Gasteiger partial charge >= 0.3 is 12.1 Å². The first kappa shape index (κ1) is 55.0. The fourth-order valence-corrected chi connectivity index (χ4v) is 12.0. The van der Waals surface area contributed by atoms with Crippen LogP contribution in [0.1, 0.15) is 86.1 Å². The van der Waals surface area contributed by atoms with E-state index in [1.807, 2.05) is 26.8 Å². The minimum atomic E-state index is -4.60. The van der Waals surface area contributed by atoms with Crippen molar-refractivity contribution < 1.29 is 65.7 Å². The third-order valence-corrected chi connectivity index (χ3v) is 17.4. The number of fused-ring (bicyclic) bond motifs is 5. The molecule has 4 rings (SSSR count). The molecule has 370 valence electrons. The van der Waals surface area contributed by atoms with Gasteiger partial charge in [0.1, 0.15) is 40.7 Å². The lowest BCUT2D eigenvalue weighted by Gasteiger charge is -2.45. The van der Waals surface area contributed by atoms with Crippen LogP contribution < -0.4 is 20.3 Å². The zero-order valence-electron chi connectivity index (χ0n) is 39.6. The Bertz CT molecular complexity index is 2170. The second-order valence-electron chi connectivity index (χ2n) is 18.3. The van der Waals surface area contributed by atoms with Crippen molar-refractivity contribution in [1.29, 1.82) is 0 Å². The zero-order chi connectivity index (χ0) is 49.7. The number of methoxy groups -OCH3 is 2. The maximum atomic E-state index is 14.4. The summed E-state index contributed by atoms with van der Waals surface area (Å²) in [4.78, 5) is 69.8. The SMILES string of the molecule is CNC(=O)C(CCSSC(C)(C)CCC(=O)N(C)[C@@H](C)C(=O)O[C@H]1CC(=O)N(C)c2cc(cc(OC)c2Cl)C/C(C)=C/C=C/[C@@H](OC)[C@@]2(O)C[C@H](OC(=O)N2)C(C)(C)[C@@H]2O[C@@]12C)S(=O)(=O)O. The Morgan fingerprint density at radius 2 is 1.85 bits per heavy atom. The summed E-state index contributed by atoms with van der Waals surface area (Å²) in [5, 5.41) is 15.3. The molecule has 1 aromatic carbocycles. The first-order chi connectivity index (χ1) is 30.5. The van der Waals surface area contributed by atoms with E-state index in [-0.39, 0.29) is 42.4 Å². The van der Waals surface area contributed by atoms with E-state index in [1.165, 1.54) is 66.6 Å². The van der Waals surface area contributed by atoms with Crippen LogP contribution in [-0.2, 0) is 54.7 Å². The predicted octanol–water partition coefficient (Wildman–Crippen LogP) is 5.24. The van der Waals surface area contributed by atoms with Crippen molar-refractivity contribution >= 4 is 78.8 Å². The number of likely N-dealkylation sites (N-methyl/N-ethyl adjacent to an activating group) is 1. The highest BCUT2D eigenvalue weighted by Gasteiger charge is 2.68. The standard InChI is InChI=1S/C44H65ClN4O14S3/c1-25-14-13-15-31(60-12)44(55)24-33(62-40(54)47-44)42(5,6)39-43(7,63-39)32(23-35(51)49(10)28-21-27(20-25)22-29(59-11)36(28)45)61-38(53)26(2)48(9)34(50)16-18-41(3,4)65-64-19-17-30(37(52)46-8)66(56,57)58/h13-15,21-22,26,30-33,39,55H,16-20,23-24H2,1-12H3,(H,46,52)(H,47,54)(H,56,57,58)/b15-13+,25-14+/t26-,30?,31+,32-,33-,39-,43-,44-/m0/s1. The van der Waals surface area contributed by atoms with E-state index in [0.29, 0.717) is 24.3 Å². The van der Waals surface area contributed by atoms with Gasteiger partial charge in [0.25, 0.3) is 10.1 Å². The van der Waals surface area contributed by atoms with Crippen molar-refractivity contribution in [3.05, 3.63) is 46.5 Å². The summed E-state index contributed by atoms with van der Waals surface area (Å²) in [7, 11) is 5.28. The lowest BCUT2D eigenvalue weighted by atomic mass is 9.73. The largest absolute Gasteiger partial charge is 0.495 e. The van der Waals surface area contributed by atoms with Gasteiger partial charge in [-0.3, -0.25) is 24.3 Å². The molecule has 3 heterocycles. The molecule has 2 fully saturated rings. The minimum Gasteiger partial charge on any atom is -0.495 e. The maximum Gasteiger partial charge on any atom is 0.409 e. The number of esters is 1. The Labute approximate surface area is 400 Å². The summed E-state index contributed by atoms with van der Waals surface area (Å²) in [5.74, 6) is -1.92.